The second kappa shape index (κ2) is 7.76. The van der Waals surface area contributed by atoms with Crippen LogP contribution in [0.5, 0.6) is 0 Å². The molecule has 0 aromatic carbocycles. The van der Waals surface area contributed by atoms with E-state index >= 15 is 0 Å². The van der Waals surface area contributed by atoms with Gasteiger partial charge in [0.2, 0.25) is 0 Å². The van der Waals surface area contributed by atoms with Gasteiger partial charge in [0.15, 0.2) is 16.6 Å². The molecule has 1 rings (SSSR count). The summed E-state index contributed by atoms with van der Waals surface area (Å²) in [6, 6.07) is 0. The smallest absolute Gasteiger partial charge is 0.184 e. The van der Waals surface area contributed by atoms with Crippen LogP contribution in [0.25, 0.3) is 0 Å². The molecule has 0 radical (unpaired) electrons. The van der Waals surface area contributed by atoms with Gasteiger partial charge in [-0.15, -0.1) is 0 Å². The zero-order chi connectivity index (χ0) is 16.3. The van der Waals surface area contributed by atoms with Crippen LogP contribution in [-0.4, -0.2) is 28.8 Å². The van der Waals surface area contributed by atoms with Crippen LogP contribution < -0.4 is 0 Å². The van der Waals surface area contributed by atoms with Gasteiger partial charge < -0.3 is 8.85 Å². The molecule has 0 N–H and O–H groups in total. The summed E-state index contributed by atoms with van der Waals surface area (Å²) in [5, 5.41) is 0. The molecule has 4 heteroatoms. The molecule has 1 saturated carbocycles. The first-order valence-electron chi connectivity index (χ1n) is 8.93. The third-order valence-electron chi connectivity index (χ3n) is 4.16. The molecule has 2 nitrogen and oxygen atoms in total. The van der Waals surface area contributed by atoms with Gasteiger partial charge in [0, 0.05) is 0 Å². The van der Waals surface area contributed by atoms with Crippen LogP contribution in [0.2, 0.25) is 39.3 Å². The summed E-state index contributed by atoms with van der Waals surface area (Å²) < 4.78 is 13.3. The van der Waals surface area contributed by atoms with Gasteiger partial charge in [0.1, 0.15) is 0 Å². The Kier molecular flexibility index (Phi) is 7.16. The van der Waals surface area contributed by atoms with Crippen LogP contribution in [0.4, 0.5) is 0 Å². The molecule has 0 bridgehead atoms. The molecule has 4 atom stereocenters. The molecular weight excluding hydrogens is 292 g/mol. The summed E-state index contributed by atoms with van der Waals surface area (Å²) in [6.45, 7) is 18.5. The fraction of sp³-hybridized carbons (Fsp3) is 1.00. The lowest BCUT2D eigenvalue weighted by molar-refractivity contribution is 0.0242. The Morgan fingerprint density at radius 3 is 1.29 bits per heavy atom. The van der Waals surface area contributed by atoms with Gasteiger partial charge in [-0.25, -0.2) is 0 Å². The summed E-state index contributed by atoms with van der Waals surface area (Å²) in [7, 11) is -3.05. The summed E-state index contributed by atoms with van der Waals surface area (Å²) >= 11 is 0. The van der Waals surface area contributed by atoms with Crippen molar-refractivity contribution in [2.45, 2.75) is 97.4 Å². The molecule has 0 aliphatic heterocycles. The zero-order valence-corrected chi connectivity index (χ0v) is 17.7. The van der Waals surface area contributed by atoms with E-state index in [0.29, 0.717) is 24.0 Å². The summed E-state index contributed by atoms with van der Waals surface area (Å²) in [5.74, 6) is 1.42. The van der Waals surface area contributed by atoms with Crippen LogP contribution in [-0.2, 0) is 8.85 Å². The molecular formula is C17H38O2Si2. The number of hydrogen-bond donors (Lipinski definition) is 0. The molecule has 0 aromatic rings. The van der Waals surface area contributed by atoms with E-state index in [1.807, 2.05) is 0 Å². The first-order chi connectivity index (χ1) is 9.57. The highest BCUT2D eigenvalue weighted by Gasteiger charge is 2.46. The highest BCUT2D eigenvalue weighted by molar-refractivity contribution is 6.70. The van der Waals surface area contributed by atoms with E-state index in [-0.39, 0.29) is 0 Å². The minimum absolute atomic E-state index is 0.347. The van der Waals surface area contributed by atoms with Crippen molar-refractivity contribution in [3.05, 3.63) is 0 Å². The van der Waals surface area contributed by atoms with Crippen molar-refractivity contribution in [1.29, 1.82) is 0 Å². The fourth-order valence-corrected chi connectivity index (χ4v) is 5.93. The molecule has 21 heavy (non-hydrogen) atoms. The maximum absolute atomic E-state index is 6.64. The van der Waals surface area contributed by atoms with Crippen LogP contribution in [0.1, 0.15) is 46.0 Å². The minimum atomic E-state index is -1.53. The van der Waals surface area contributed by atoms with E-state index in [4.69, 9.17) is 8.85 Å². The Labute approximate surface area is 135 Å². The molecule has 0 spiro atoms. The van der Waals surface area contributed by atoms with Crippen molar-refractivity contribution >= 4 is 16.6 Å². The molecule has 126 valence electrons. The van der Waals surface area contributed by atoms with Gasteiger partial charge in [-0.1, -0.05) is 26.7 Å². The van der Waals surface area contributed by atoms with E-state index in [9.17, 15) is 0 Å². The standard InChI is InChI=1S/C17H38O2Si2/c1-9-11-14-13-15(12-10-2)17(19-21(6,7)8)16(14)18-20(3,4)5/h14-17H,9-13H2,1-8H3. The minimum Gasteiger partial charge on any atom is -0.412 e. The molecule has 4 unspecified atom stereocenters. The normalized spacial score (nSPS) is 30.9. The van der Waals surface area contributed by atoms with Gasteiger partial charge in [0.05, 0.1) is 12.2 Å². The second-order valence-electron chi connectivity index (χ2n) is 8.72. The van der Waals surface area contributed by atoms with Crippen molar-refractivity contribution in [2.24, 2.45) is 11.8 Å². The molecule has 0 amide bonds. The van der Waals surface area contributed by atoms with E-state index in [2.05, 4.69) is 53.1 Å². The lowest BCUT2D eigenvalue weighted by Crippen LogP contribution is -2.45. The summed E-state index contributed by atoms with van der Waals surface area (Å²) in [5.41, 5.74) is 0. The molecule has 1 aliphatic carbocycles. The first kappa shape index (κ1) is 19.4. The maximum atomic E-state index is 6.64. The maximum Gasteiger partial charge on any atom is 0.184 e. The largest absolute Gasteiger partial charge is 0.412 e. The predicted octanol–water partition coefficient (Wildman–Crippen LogP) is 5.66. The molecule has 0 aromatic heterocycles. The molecule has 0 heterocycles. The monoisotopic (exact) mass is 330 g/mol. The lowest BCUT2D eigenvalue weighted by Gasteiger charge is -2.36. The SMILES string of the molecule is CCCC1CC(CCC)C(O[Si](C)(C)C)C1O[Si](C)(C)C. The number of hydrogen-bond acceptors (Lipinski definition) is 2. The Morgan fingerprint density at radius 2 is 1.05 bits per heavy atom. The van der Waals surface area contributed by atoms with Crippen molar-refractivity contribution < 1.29 is 8.85 Å². The summed E-state index contributed by atoms with van der Waals surface area (Å²) in [6.07, 6.45) is 7.11. The first-order valence-corrected chi connectivity index (χ1v) is 15.7. The van der Waals surface area contributed by atoms with Crippen LogP contribution >= 0.6 is 0 Å². The third kappa shape index (κ3) is 6.55. The Bertz CT molecular complexity index is 277. The molecule has 1 aliphatic rings. The van der Waals surface area contributed by atoms with E-state index in [0.717, 1.165) is 0 Å². The lowest BCUT2D eigenvalue weighted by atomic mass is 9.97. The van der Waals surface area contributed by atoms with E-state index in [1.54, 1.807) is 0 Å². The average molecular weight is 331 g/mol. The summed E-state index contributed by atoms with van der Waals surface area (Å²) in [4.78, 5) is 0. The van der Waals surface area contributed by atoms with E-state index in [1.165, 1.54) is 32.1 Å². The van der Waals surface area contributed by atoms with Crippen LogP contribution in [0, 0.1) is 11.8 Å². The highest BCUT2D eigenvalue weighted by Crippen LogP contribution is 2.42. The fourth-order valence-electron chi connectivity index (χ4n) is 3.64. The van der Waals surface area contributed by atoms with Crippen molar-refractivity contribution in [2.75, 3.05) is 0 Å². The van der Waals surface area contributed by atoms with Crippen molar-refractivity contribution in [3.8, 4) is 0 Å². The predicted molar refractivity (Wildman–Crippen MR) is 97.9 cm³/mol. The van der Waals surface area contributed by atoms with Gasteiger partial charge >= 0.3 is 0 Å². The van der Waals surface area contributed by atoms with Gasteiger partial charge in [-0.05, 0) is 70.4 Å². The van der Waals surface area contributed by atoms with Crippen LogP contribution in [0.3, 0.4) is 0 Å². The Morgan fingerprint density at radius 1 is 0.714 bits per heavy atom. The Balaban J connectivity index is 2.94. The van der Waals surface area contributed by atoms with Crippen molar-refractivity contribution in [3.63, 3.8) is 0 Å². The zero-order valence-electron chi connectivity index (χ0n) is 15.7. The van der Waals surface area contributed by atoms with E-state index < -0.39 is 16.6 Å². The quantitative estimate of drug-likeness (QED) is 0.534. The topological polar surface area (TPSA) is 18.5 Å². The van der Waals surface area contributed by atoms with Gasteiger partial charge in [-0.3, -0.25) is 0 Å². The molecule has 0 saturated heterocycles. The third-order valence-corrected chi connectivity index (χ3v) is 6.12. The Hall–Kier alpha value is 0.354. The van der Waals surface area contributed by atoms with Gasteiger partial charge in [0.25, 0.3) is 0 Å². The molecule has 1 fully saturated rings. The van der Waals surface area contributed by atoms with Gasteiger partial charge in [-0.2, -0.15) is 0 Å². The number of rotatable bonds is 8. The highest BCUT2D eigenvalue weighted by atomic mass is 28.4. The second-order valence-corrected chi connectivity index (χ2v) is 17.6. The van der Waals surface area contributed by atoms with Crippen LogP contribution in [0.15, 0.2) is 0 Å². The van der Waals surface area contributed by atoms with Crippen molar-refractivity contribution in [1.82, 2.24) is 0 Å². The average Bonchev–Trinajstić information content (AvgIpc) is 2.55.